The predicted octanol–water partition coefficient (Wildman–Crippen LogP) is 0.0508. The maximum atomic E-state index is 11.8. The Morgan fingerprint density at radius 3 is 2.82 bits per heavy atom. The van der Waals surface area contributed by atoms with Crippen LogP contribution >= 0.6 is 0 Å². The third kappa shape index (κ3) is 3.67. The Kier molecular flexibility index (Phi) is 4.39. The highest BCUT2D eigenvalue weighted by Crippen LogP contribution is 2.14. The highest BCUT2D eigenvalue weighted by Gasteiger charge is 2.24. The second-order valence-corrected chi connectivity index (χ2v) is 4.14. The fourth-order valence-electron chi connectivity index (χ4n) is 1.38. The zero-order valence-electron chi connectivity index (χ0n) is 9.99. The summed E-state index contributed by atoms with van der Waals surface area (Å²) in [6.07, 6.45) is 3.50. The summed E-state index contributed by atoms with van der Waals surface area (Å²) in [7, 11) is 0. The van der Waals surface area contributed by atoms with E-state index in [-0.39, 0.29) is 23.8 Å². The van der Waals surface area contributed by atoms with Crippen LogP contribution in [0, 0.1) is 0 Å². The van der Waals surface area contributed by atoms with Crippen LogP contribution in [0.2, 0.25) is 0 Å². The van der Waals surface area contributed by atoms with Gasteiger partial charge < -0.3 is 15.4 Å². The van der Waals surface area contributed by atoms with E-state index >= 15 is 0 Å². The summed E-state index contributed by atoms with van der Waals surface area (Å²) in [6, 6.07) is 0. The van der Waals surface area contributed by atoms with Crippen LogP contribution in [-0.4, -0.2) is 33.1 Å². The van der Waals surface area contributed by atoms with Gasteiger partial charge in [0.05, 0.1) is 6.20 Å². The van der Waals surface area contributed by atoms with Gasteiger partial charge in [-0.1, -0.05) is 6.92 Å². The monoisotopic (exact) mass is 239 g/mol. The van der Waals surface area contributed by atoms with Gasteiger partial charge in [0.2, 0.25) is 0 Å². The van der Waals surface area contributed by atoms with E-state index in [0.29, 0.717) is 12.8 Å². The van der Waals surface area contributed by atoms with Crippen molar-refractivity contribution in [2.45, 2.75) is 32.2 Å². The second kappa shape index (κ2) is 5.58. The number of aromatic nitrogens is 2. The highest BCUT2D eigenvalue weighted by molar-refractivity contribution is 5.92. The minimum atomic E-state index is -0.469. The van der Waals surface area contributed by atoms with E-state index in [1.807, 2.05) is 13.8 Å². The Hall–Kier alpha value is -1.69. The largest absolute Gasteiger partial charge is 0.396 e. The van der Waals surface area contributed by atoms with Crippen LogP contribution in [-0.2, 0) is 0 Å². The van der Waals surface area contributed by atoms with Crippen molar-refractivity contribution in [1.82, 2.24) is 15.3 Å². The Morgan fingerprint density at radius 2 is 2.35 bits per heavy atom. The molecule has 6 heteroatoms. The molecule has 17 heavy (non-hydrogen) atoms. The first-order valence-electron chi connectivity index (χ1n) is 5.49. The maximum Gasteiger partial charge on any atom is 0.271 e. The standard InChI is InChI=1S/C11H17N3O3/c1-3-11(2,4-5-15)14-10(17)8-6-13-9(16)7-12-8/h6-7,15H,3-5H2,1-2H3,(H,13,16)(H,14,17). The van der Waals surface area contributed by atoms with Crippen molar-refractivity contribution in [3.05, 3.63) is 28.4 Å². The van der Waals surface area contributed by atoms with Gasteiger partial charge >= 0.3 is 0 Å². The van der Waals surface area contributed by atoms with Crippen LogP contribution in [0.25, 0.3) is 0 Å². The first-order valence-corrected chi connectivity index (χ1v) is 5.49. The molecule has 3 N–H and O–H groups in total. The van der Waals surface area contributed by atoms with Crippen LogP contribution < -0.4 is 10.9 Å². The number of amides is 1. The Labute approximate surface area is 99.1 Å². The zero-order valence-corrected chi connectivity index (χ0v) is 9.99. The van der Waals surface area contributed by atoms with E-state index in [4.69, 9.17) is 5.11 Å². The normalized spacial score (nSPS) is 14.1. The molecule has 1 unspecified atom stereocenters. The summed E-state index contributed by atoms with van der Waals surface area (Å²) in [5.41, 5.74) is -0.665. The van der Waals surface area contributed by atoms with Crippen LogP contribution in [0.5, 0.6) is 0 Å². The topological polar surface area (TPSA) is 95.1 Å². The summed E-state index contributed by atoms with van der Waals surface area (Å²) in [5.74, 6) is -0.362. The minimum Gasteiger partial charge on any atom is -0.396 e. The molecule has 0 bridgehead atoms. The second-order valence-electron chi connectivity index (χ2n) is 4.14. The Morgan fingerprint density at radius 1 is 1.65 bits per heavy atom. The molecule has 1 aromatic heterocycles. The van der Waals surface area contributed by atoms with Crippen molar-refractivity contribution in [3.63, 3.8) is 0 Å². The SMILES string of the molecule is CCC(C)(CCO)NC(=O)c1c[nH]c(=O)cn1. The molecule has 1 aromatic rings. The van der Waals surface area contributed by atoms with Gasteiger partial charge in [-0.25, -0.2) is 4.98 Å². The number of hydrogen-bond donors (Lipinski definition) is 3. The molecule has 94 valence electrons. The zero-order chi connectivity index (χ0) is 12.9. The number of carbonyl (C=O) groups is 1. The van der Waals surface area contributed by atoms with Crippen LogP contribution in [0.4, 0.5) is 0 Å². The third-order valence-corrected chi connectivity index (χ3v) is 2.76. The van der Waals surface area contributed by atoms with Crippen LogP contribution in [0.3, 0.4) is 0 Å². The number of nitrogens with zero attached hydrogens (tertiary/aromatic N) is 1. The quantitative estimate of drug-likeness (QED) is 0.676. The summed E-state index contributed by atoms with van der Waals surface area (Å²) in [5, 5.41) is 11.7. The van der Waals surface area contributed by atoms with Gasteiger partial charge in [-0.05, 0) is 19.8 Å². The molecule has 0 saturated carbocycles. The Bertz CT molecular complexity index is 423. The number of aromatic amines is 1. The molecule has 1 rings (SSSR count). The summed E-state index contributed by atoms with van der Waals surface area (Å²) >= 11 is 0. The van der Waals surface area contributed by atoms with Crippen molar-refractivity contribution >= 4 is 5.91 Å². The van der Waals surface area contributed by atoms with Crippen molar-refractivity contribution in [2.75, 3.05) is 6.61 Å². The van der Waals surface area contributed by atoms with Crippen molar-refractivity contribution in [2.24, 2.45) is 0 Å². The van der Waals surface area contributed by atoms with E-state index in [0.717, 1.165) is 6.20 Å². The summed E-state index contributed by atoms with van der Waals surface area (Å²) in [6.45, 7) is 3.78. The lowest BCUT2D eigenvalue weighted by molar-refractivity contribution is 0.0880. The van der Waals surface area contributed by atoms with Gasteiger partial charge in [0, 0.05) is 18.3 Å². The number of hydrogen-bond acceptors (Lipinski definition) is 4. The maximum absolute atomic E-state index is 11.8. The highest BCUT2D eigenvalue weighted by atomic mass is 16.3. The van der Waals surface area contributed by atoms with E-state index in [1.54, 1.807) is 0 Å². The molecule has 0 spiro atoms. The van der Waals surface area contributed by atoms with Gasteiger partial charge in [0.1, 0.15) is 5.69 Å². The molecular weight excluding hydrogens is 222 g/mol. The molecule has 6 nitrogen and oxygen atoms in total. The van der Waals surface area contributed by atoms with E-state index in [1.165, 1.54) is 6.20 Å². The molecule has 1 heterocycles. The lowest BCUT2D eigenvalue weighted by Crippen LogP contribution is -2.46. The first kappa shape index (κ1) is 13.4. The molecular formula is C11H17N3O3. The number of nitrogens with one attached hydrogen (secondary N) is 2. The van der Waals surface area contributed by atoms with E-state index in [9.17, 15) is 9.59 Å². The van der Waals surface area contributed by atoms with Crippen LogP contribution in [0.1, 0.15) is 37.2 Å². The molecule has 0 saturated heterocycles. The summed E-state index contributed by atoms with van der Waals surface area (Å²) in [4.78, 5) is 28.8. The third-order valence-electron chi connectivity index (χ3n) is 2.76. The number of aliphatic hydroxyl groups is 1. The first-order chi connectivity index (χ1) is 8.00. The lowest BCUT2D eigenvalue weighted by atomic mass is 9.95. The van der Waals surface area contributed by atoms with Gasteiger partial charge in [-0.3, -0.25) is 9.59 Å². The van der Waals surface area contributed by atoms with Gasteiger partial charge in [0.15, 0.2) is 0 Å². The van der Waals surface area contributed by atoms with E-state index in [2.05, 4.69) is 15.3 Å². The smallest absolute Gasteiger partial charge is 0.271 e. The Balaban J connectivity index is 2.77. The number of carbonyl (C=O) groups excluding carboxylic acids is 1. The summed E-state index contributed by atoms with van der Waals surface area (Å²) < 4.78 is 0. The average Bonchev–Trinajstić information content (AvgIpc) is 2.30. The number of rotatable bonds is 5. The average molecular weight is 239 g/mol. The molecule has 0 aromatic carbocycles. The van der Waals surface area contributed by atoms with Gasteiger partial charge in [-0.2, -0.15) is 0 Å². The van der Waals surface area contributed by atoms with Gasteiger partial charge in [0.25, 0.3) is 11.5 Å². The molecule has 1 atom stereocenters. The predicted molar refractivity (Wildman–Crippen MR) is 62.7 cm³/mol. The minimum absolute atomic E-state index is 0.00364. The van der Waals surface area contributed by atoms with Crippen molar-refractivity contribution in [1.29, 1.82) is 0 Å². The molecule has 0 aliphatic carbocycles. The van der Waals surface area contributed by atoms with Crippen LogP contribution in [0.15, 0.2) is 17.2 Å². The van der Waals surface area contributed by atoms with Crippen molar-refractivity contribution in [3.8, 4) is 0 Å². The molecule has 0 fully saturated rings. The number of aliphatic hydroxyl groups excluding tert-OH is 1. The molecule has 1 amide bonds. The lowest BCUT2D eigenvalue weighted by Gasteiger charge is -2.28. The molecule has 0 aliphatic rings. The fraction of sp³-hybridized carbons (Fsp3) is 0.545. The fourth-order valence-corrected chi connectivity index (χ4v) is 1.38. The van der Waals surface area contributed by atoms with Gasteiger partial charge in [-0.15, -0.1) is 0 Å². The number of H-pyrrole nitrogens is 1. The molecule has 0 aliphatic heterocycles. The van der Waals surface area contributed by atoms with E-state index < -0.39 is 5.54 Å². The molecule has 0 radical (unpaired) electrons. The van der Waals surface area contributed by atoms with Crippen molar-refractivity contribution < 1.29 is 9.90 Å².